The van der Waals surface area contributed by atoms with Crippen LogP contribution in [0.25, 0.3) is 0 Å². The van der Waals surface area contributed by atoms with Gasteiger partial charge in [0.25, 0.3) is 5.56 Å². The van der Waals surface area contributed by atoms with Crippen molar-refractivity contribution in [3.8, 4) is 5.75 Å². The Bertz CT molecular complexity index is 1010. The summed E-state index contributed by atoms with van der Waals surface area (Å²) in [5.74, 6) is 1.23. The SMILES string of the molecule is COCc1cc(=O)n(CC(=O)N2CCN(c3ccccc3OC)CC2)c(N2CCOCC2)n1. The molecular weight excluding hydrogens is 426 g/mol. The number of rotatable bonds is 7. The van der Waals surface area contributed by atoms with E-state index in [1.54, 1.807) is 14.2 Å². The van der Waals surface area contributed by atoms with E-state index in [0.717, 1.165) is 11.4 Å². The third-order valence-electron chi connectivity index (χ3n) is 5.98. The van der Waals surface area contributed by atoms with Crippen molar-refractivity contribution < 1.29 is 19.0 Å². The van der Waals surface area contributed by atoms with Crippen molar-refractivity contribution >= 4 is 17.5 Å². The van der Waals surface area contributed by atoms with Crippen LogP contribution in [-0.4, -0.2) is 87.1 Å². The Labute approximate surface area is 193 Å². The summed E-state index contributed by atoms with van der Waals surface area (Å²) < 4.78 is 17.5. The maximum absolute atomic E-state index is 13.2. The first-order valence-corrected chi connectivity index (χ1v) is 11.2. The number of piperazine rings is 1. The van der Waals surface area contributed by atoms with Gasteiger partial charge in [0.1, 0.15) is 12.3 Å². The molecule has 1 amide bonds. The third kappa shape index (κ3) is 5.28. The fraction of sp³-hybridized carbons (Fsp3) is 0.522. The van der Waals surface area contributed by atoms with E-state index in [1.807, 2.05) is 34.1 Å². The standard InChI is InChI=1S/C23H31N5O5/c1-31-17-18-15-21(29)28(23(24-18)27-11-13-33-14-12-27)16-22(30)26-9-7-25(8-10-26)19-5-3-4-6-20(19)32-2/h3-6,15H,7-14,16-17H2,1-2H3. The summed E-state index contributed by atoms with van der Waals surface area (Å²) in [6.07, 6.45) is 0. The minimum absolute atomic E-state index is 0.0412. The maximum atomic E-state index is 13.2. The number of carbonyl (C=O) groups excluding carboxylic acids is 1. The van der Waals surface area contributed by atoms with Crippen LogP contribution in [0.3, 0.4) is 0 Å². The zero-order valence-corrected chi connectivity index (χ0v) is 19.2. The average molecular weight is 458 g/mol. The number of nitrogens with zero attached hydrogens (tertiary/aromatic N) is 5. The summed E-state index contributed by atoms with van der Waals surface area (Å²) in [5.41, 5.74) is 1.33. The highest BCUT2D eigenvalue weighted by Crippen LogP contribution is 2.28. The van der Waals surface area contributed by atoms with E-state index < -0.39 is 0 Å². The van der Waals surface area contributed by atoms with E-state index >= 15 is 0 Å². The van der Waals surface area contributed by atoms with Crippen molar-refractivity contribution in [3.05, 3.63) is 46.4 Å². The molecule has 0 aliphatic carbocycles. The summed E-state index contributed by atoms with van der Waals surface area (Å²) >= 11 is 0. The second-order valence-electron chi connectivity index (χ2n) is 8.04. The molecule has 178 valence electrons. The van der Waals surface area contributed by atoms with Crippen LogP contribution in [0.2, 0.25) is 0 Å². The molecule has 1 aromatic carbocycles. The summed E-state index contributed by atoms with van der Waals surface area (Å²) in [4.78, 5) is 36.7. The zero-order valence-electron chi connectivity index (χ0n) is 19.2. The van der Waals surface area contributed by atoms with Crippen molar-refractivity contribution in [3.63, 3.8) is 0 Å². The Hall–Kier alpha value is -3.11. The molecule has 10 heteroatoms. The van der Waals surface area contributed by atoms with Gasteiger partial charge in [-0.2, -0.15) is 0 Å². The number of morpholine rings is 1. The molecule has 0 bridgehead atoms. The summed E-state index contributed by atoms with van der Waals surface area (Å²) in [6, 6.07) is 9.33. The lowest BCUT2D eigenvalue weighted by Crippen LogP contribution is -2.50. The first kappa shape index (κ1) is 23.1. The molecular formula is C23H31N5O5. The molecule has 0 atom stereocenters. The molecule has 10 nitrogen and oxygen atoms in total. The van der Waals surface area contributed by atoms with E-state index in [0.29, 0.717) is 64.1 Å². The highest BCUT2D eigenvalue weighted by molar-refractivity contribution is 5.77. The minimum Gasteiger partial charge on any atom is -0.495 e. The Morgan fingerprint density at radius 2 is 1.76 bits per heavy atom. The zero-order chi connectivity index (χ0) is 23.2. The minimum atomic E-state index is -0.250. The lowest BCUT2D eigenvalue weighted by molar-refractivity contribution is -0.132. The highest BCUT2D eigenvalue weighted by atomic mass is 16.5. The number of hydrogen-bond donors (Lipinski definition) is 0. The molecule has 4 rings (SSSR count). The van der Waals surface area contributed by atoms with Crippen LogP contribution < -0.4 is 20.1 Å². The number of methoxy groups -OCH3 is 2. The van der Waals surface area contributed by atoms with E-state index in [1.165, 1.54) is 10.6 Å². The summed E-state index contributed by atoms with van der Waals surface area (Å²) in [7, 11) is 3.23. The number of carbonyl (C=O) groups is 1. The first-order valence-electron chi connectivity index (χ1n) is 11.2. The van der Waals surface area contributed by atoms with Gasteiger partial charge in [-0.3, -0.25) is 14.2 Å². The molecule has 0 spiro atoms. The first-order chi connectivity index (χ1) is 16.1. The Kier molecular flexibility index (Phi) is 7.46. The van der Waals surface area contributed by atoms with Crippen LogP contribution in [0.1, 0.15) is 5.69 Å². The van der Waals surface area contributed by atoms with Crippen LogP contribution in [-0.2, 0) is 27.4 Å². The molecule has 1 aromatic heterocycles. The predicted octanol–water partition coefficient (Wildman–Crippen LogP) is 0.584. The largest absolute Gasteiger partial charge is 0.495 e. The molecule has 0 radical (unpaired) electrons. The lowest BCUT2D eigenvalue weighted by atomic mass is 10.2. The molecule has 3 heterocycles. The number of ether oxygens (including phenoxy) is 3. The second kappa shape index (κ2) is 10.7. The monoisotopic (exact) mass is 457 g/mol. The van der Waals surface area contributed by atoms with Gasteiger partial charge in [-0.15, -0.1) is 0 Å². The molecule has 0 N–H and O–H groups in total. The molecule has 0 saturated carbocycles. The van der Waals surface area contributed by atoms with Gasteiger partial charge < -0.3 is 28.9 Å². The number of hydrogen-bond acceptors (Lipinski definition) is 8. The topological polar surface area (TPSA) is 89.4 Å². The van der Waals surface area contributed by atoms with Crippen LogP contribution >= 0.6 is 0 Å². The van der Waals surface area contributed by atoms with Gasteiger partial charge in [0.15, 0.2) is 0 Å². The van der Waals surface area contributed by atoms with Crippen LogP contribution in [0.15, 0.2) is 35.1 Å². The molecule has 2 aromatic rings. The Morgan fingerprint density at radius 3 is 2.45 bits per heavy atom. The van der Waals surface area contributed by atoms with Crippen molar-refractivity contribution in [1.29, 1.82) is 0 Å². The van der Waals surface area contributed by atoms with E-state index in [9.17, 15) is 9.59 Å². The highest BCUT2D eigenvalue weighted by Gasteiger charge is 2.25. The molecule has 33 heavy (non-hydrogen) atoms. The van der Waals surface area contributed by atoms with Gasteiger partial charge >= 0.3 is 0 Å². The van der Waals surface area contributed by atoms with Crippen LogP contribution in [0, 0.1) is 0 Å². The quantitative estimate of drug-likeness (QED) is 0.597. The Morgan fingerprint density at radius 1 is 1.03 bits per heavy atom. The second-order valence-corrected chi connectivity index (χ2v) is 8.04. The smallest absolute Gasteiger partial charge is 0.255 e. The molecule has 2 saturated heterocycles. The average Bonchev–Trinajstić information content (AvgIpc) is 2.86. The van der Waals surface area contributed by atoms with E-state index in [-0.39, 0.29) is 24.6 Å². The van der Waals surface area contributed by atoms with Crippen molar-refractivity contribution in [1.82, 2.24) is 14.5 Å². The predicted molar refractivity (Wildman–Crippen MR) is 124 cm³/mol. The van der Waals surface area contributed by atoms with Crippen LogP contribution in [0.5, 0.6) is 5.75 Å². The molecule has 2 fully saturated rings. The van der Waals surface area contributed by atoms with Gasteiger partial charge in [-0.25, -0.2) is 4.98 Å². The van der Waals surface area contributed by atoms with Gasteiger partial charge in [0.05, 0.1) is 38.3 Å². The normalized spacial score (nSPS) is 16.7. The summed E-state index contributed by atoms with van der Waals surface area (Å²) in [5, 5.41) is 0. The number of benzene rings is 1. The molecule has 2 aliphatic heterocycles. The van der Waals surface area contributed by atoms with Gasteiger partial charge in [-0.05, 0) is 12.1 Å². The van der Waals surface area contributed by atoms with Crippen molar-refractivity contribution in [2.45, 2.75) is 13.2 Å². The van der Waals surface area contributed by atoms with Crippen LogP contribution in [0.4, 0.5) is 11.6 Å². The Balaban J connectivity index is 1.47. The summed E-state index contributed by atoms with van der Waals surface area (Å²) in [6.45, 7) is 5.11. The van der Waals surface area contributed by atoms with Crippen molar-refractivity contribution in [2.24, 2.45) is 0 Å². The van der Waals surface area contributed by atoms with E-state index in [2.05, 4.69) is 9.88 Å². The van der Waals surface area contributed by atoms with Gasteiger partial charge in [0.2, 0.25) is 11.9 Å². The number of aromatic nitrogens is 2. The fourth-order valence-electron chi connectivity index (χ4n) is 4.24. The maximum Gasteiger partial charge on any atom is 0.255 e. The molecule has 0 unspecified atom stereocenters. The number of para-hydroxylation sites is 2. The lowest BCUT2D eigenvalue weighted by Gasteiger charge is -2.37. The third-order valence-corrected chi connectivity index (χ3v) is 5.98. The van der Waals surface area contributed by atoms with Gasteiger partial charge in [-0.1, -0.05) is 12.1 Å². The van der Waals surface area contributed by atoms with Gasteiger partial charge in [0, 0.05) is 52.4 Å². The number of amides is 1. The fourth-order valence-corrected chi connectivity index (χ4v) is 4.24. The number of anilines is 2. The van der Waals surface area contributed by atoms with E-state index in [4.69, 9.17) is 14.2 Å². The molecule has 2 aliphatic rings. The van der Waals surface area contributed by atoms with Crippen molar-refractivity contribution in [2.75, 3.05) is 76.5 Å².